The molecule has 1 rings (SSSR count). The van der Waals surface area contributed by atoms with Gasteiger partial charge in [0.1, 0.15) is 11.6 Å². The first-order chi connectivity index (χ1) is 9.95. The summed E-state index contributed by atoms with van der Waals surface area (Å²) in [5, 5.41) is 13.6. The Kier molecular flexibility index (Phi) is 6.45. The lowest BCUT2D eigenvalue weighted by Crippen LogP contribution is -2.38. The number of urea groups is 1. The first kappa shape index (κ1) is 16.7. The molecular weight excluding hydrogens is 279 g/mol. The molecule has 0 bridgehead atoms. The molecule has 1 unspecified atom stereocenters. The predicted molar refractivity (Wildman–Crippen MR) is 74.8 cm³/mol. The molecule has 1 aromatic rings. The second-order valence-electron chi connectivity index (χ2n) is 4.47. The molecule has 1 atom stereocenters. The second-order valence-corrected chi connectivity index (χ2v) is 4.47. The van der Waals surface area contributed by atoms with Gasteiger partial charge < -0.3 is 20.5 Å². The van der Waals surface area contributed by atoms with Crippen molar-refractivity contribution in [1.29, 1.82) is 0 Å². The molecule has 0 heterocycles. The number of hydrogen-bond acceptors (Lipinski definition) is 3. The van der Waals surface area contributed by atoms with Crippen molar-refractivity contribution in [2.45, 2.75) is 25.8 Å². The number of ether oxygens (including phenoxy) is 1. The minimum Gasteiger partial charge on any atom is -0.496 e. The first-order valence-corrected chi connectivity index (χ1v) is 6.54. The van der Waals surface area contributed by atoms with Crippen molar-refractivity contribution in [1.82, 2.24) is 10.6 Å². The highest BCUT2D eigenvalue weighted by molar-refractivity contribution is 5.74. The zero-order valence-corrected chi connectivity index (χ0v) is 12.0. The zero-order valence-electron chi connectivity index (χ0n) is 12.0. The third-order valence-corrected chi connectivity index (χ3v) is 2.87. The average Bonchev–Trinajstić information content (AvgIpc) is 2.42. The van der Waals surface area contributed by atoms with E-state index in [-0.39, 0.29) is 18.5 Å². The molecule has 0 aliphatic rings. The molecule has 0 aromatic heterocycles. The normalized spacial score (nSPS) is 11.6. The minimum absolute atomic E-state index is 0.0169. The van der Waals surface area contributed by atoms with Gasteiger partial charge >= 0.3 is 12.0 Å². The summed E-state index contributed by atoms with van der Waals surface area (Å²) in [5.41, 5.74) is 0.265. The first-order valence-electron chi connectivity index (χ1n) is 6.54. The monoisotopic (exact) mass is 298 g/mol. The number of nitrogens with one attached hydrogen (secondary N) is 2. The predicted octanol–water partition coefficient (Wildman–Crippen LogP) is 2.06. The van der Waals surface area contributed by atoms with Crippen LogP contribution >= 0.6 is 0 Å². The van der Waals surface area contributed by atoms with Crippen molar-refractivity contribution in [2.24, 2.45) is 0 Å². The van der Waals surface area contributed by atoms with E-state index >= 15 is 0 Å². The summed E-state index contributed by atoms with van der Waals surface area (Å²) in [5.74, 6) is -1.02. The molecule has 7 heteroatoms. The summed E-state index contributed by atoms with van der Waals surface area (Å²) in [6.07, 6.45) is 0.317. The molecule has 1 aromatic carbocycles. The Balaban J connectivity index is 2.55. The van der Waals surface area contributed by atoms with Crippen LogP contribution in [0, 0.1) is 5.82 Å². The maximum atomic E-state index is 13.8. The van der Waals surface area contributed by atoms with Crippen LogP contribution in [0.25, 0.3) is 0 Å². The molecule has 0 saturated carbocycles. The molecule has 2 amide bonds. The number of halogens is 1. The molecule has 6 nitrogen and oxygen atoms in total. The van der Waals surface area contributed by atoms with Crippen LogP contribution < -0.4 is 15.4 Å². The van der Waals surface area contributed by atoms with Crippen molar-refractivity contribution < 1.29 is 23.8 Å². The van der Waals surface area contributed by atoms with Crippen molar-refractivity contribution in [3.05, 3.63) is 29.6 Å². The fraction of sp³-hybridized carbons (Fsp3) is 0.429. The highest BCUT2D eigenvalue weighted by atomic mass is 19.1. The number of carbonyl (C=O) groups excluding carboxylic acids is 1. The number of carboxylic acid groups (broad SMARTS) is 1. The number of aliphatic carboxylic acids is 1. The molecular formula is C14H19FN2O4. The Morgan fingerprint density at radius 1 is 1.43 bits per heavy atom. The van der Waals surface area contributed by atoms with Gasteiger partial charge in [-0.05, 0) is 25.5 Å². The van der Waals surface area contributed by atoms with Gasteiger partial charge in [-0.3, -0.25) is 4.79 Å². The van der Waals surface area contributed by atoms with Gasteiger partial charge in [0.05, 0.1) is 18.7 Å². The largest absolute Gasteiger partial charge is 0.496 e. The number of carbonyl (C=O) groups is 2. The standard InChI is InChI=1S/C14H19FN2O4/c1-9(13-10(15)5-3-6-11(13)21-2)17-14(20)16-8-4-7-12(18)19/h3,5-6,9H,4,7-8H2,1-2H3,(H,18,19)(H2,16,17,20). The van der Waals surface area contributed by atoms with Crippen LogP contribution in [0.1, 0.15) is 31.4 Å². The number of benzene rings is 1. The van der Waals surface area contributed by atoms with E-state index in [4.69, 9.17) is 9.84 Å². The minimum atomic E-state index is -0.915. The van der Waals surface area contributed by atoms with Gasteiger partial charge in [-0.15, -0.1) is 0 Å². The van der Waals surface area contributed by atoms with Gasteiger partial charge in [0.15, 0.2) is 0 Å². The van der Waals surface area contributed by atoms with Crippen molar-refractivity contribution in [2.75, 3.05) is 13.7 Å². The number of hydrogen-bond donors (Lipinski definition) is 3. The van der Waals surface area contributed by atoms with Crippen molar-refractivity contribution in [3.8, 4) is 5.75 Å². The molecule has 116 valence electrons. The summed E-state index contributed by atoms with van der Waals surface area (Å²) in [6, 6.07) is 3.36. The van der Waals surface area contributed by atoms with Crippen LogP contribution in [-0.4, -0.2) is 30.8 Å². The van der Waals surface area contributed by atoms with E-state index in [1.165, 1.54) is 19.2 Å². The molecule has 0 aliphatic heterocycles. The summed E-state index contributed by atoms with van der Waals surface area (Å²) in [4.78, 5) is 22.0. The summed E-state index contributed by atoms with van der Waals surface area (Å²) >= 11 is 0. The summed E-state index contributed by atoms with van der Waals surface area (Å²) in [7, 11) is 1.43. The zero-order chi connectivity index (χ0) is 15.8. The van der Waals surface area contributed by atoms with Gasteiger partial charge in [0.25, 0.3) is 0 Å². The van der Waals surface area contributed by atoms with Crippen LogP contribution in [0.15, 0.2) is 18.2 Å². The maximum Gasteiger partial charge on any atom is 0.315 e. The van der Waals surface area contributed by atoms with Gasteiger partial charge in [-0.1, -0.05) is 6.07 Å². The van der Waals surface area contributed by atoms with E-state index in [1.54, 1.807) is 13.0 Å². The topological polar surface area (TPSA) is 87.7 Å². The number of rotatable bonds is 7. The van der Waals surface area contributed by atoms with Crippen LogP contribution in [0.2, 0.25) is 0 Å². The SMILES string of the molecule is COc1cccc(F)c1C(C)NC(=O)NCCCC(=O)O. The lowest BCUT2D eigenvalue weighted by molar-refractivity contribution is -0.137. The highest BCUT2D eigenvalue weighted by Gasteiger charge is 2.18. The van der Waals surface area contributed by atoms with E-state index in [9.17, 15) is 14.0 Å². The fourth-order valence-electron chi connectivity index (χ4n) is 1.88. The van der Waals surface area contributed by atoms with Gasteiger partial charge in [-0.2, -0.15) is 0 Å². The Morgan fingerprint density at radius 2 is 2.14 bits per heavy atom. The number of methoxy groups -OCH3 is 1. The second kappa shape index (κ2) is 8.08. The molecule has 0 spiro atoms. The Bertz CT molecular complexity index is 508. The smallest absolute Gasteiger partial charge is 0.315 e. The molecule has 0 saturated heterocycles. The quantitative estimate of drug-likeness (QED) is 0.672. The number of amides is 2. The van der Waals surface area contributed by atoms with Crippen LogP contribution in [0.5, 0.6) is 5.75 Å². The lowest BCUT2D eigenvalue weighted by atomic mass is 10.1. The third-order valence-electron chi connectivity index (χ3n) is 2.87. The van der Waals surface area contributed by atoms with E-state index < -0.39 is 23.9 Å². The van der Waals surface area contributed by atoms with E-state index in [0.29, 0.717) is 12.2 Å². The lowest BCUT2D eigenvalue weighted by Gasteiger charge is -2.18. The van der Waals surface area contributed by atoms with E-state index in [0.717, 1.165) is 0 Å². The van der Waals surface area contributed by atoms with Crippen molar-refractivity contribution >= 4 is 12.0 Å². The van der Waals surface area contributed by atoms with Gasteiger partial charge in [0, 0.05) is 13.0 Å². The fourth-order valence-corrected chi connectivity index (χ4v) is 1.88. The molecule has 0 aliphatic carbocycles. The molecule has 21 heavy (non-hydrogen) atoms. The Morgan fingerprint density at radius 3 is 2.76 bits per heavy atom. The van der Waals surface area contributed by atoms with Crippen LogP contribution in [0.4, 0.5) is 9.18 Å². The Labute approximate surface area is 122 Å². The molecule has 3 N–H and O–H groups in total. The van der Waals surface area contributed by atoms with E-state index in [1.807, 2.05) is 0 Å². The molecule has 0 radical (unpaired) electrons. The van der Waals surface area contributed by atoms with Crippen molar-refractivity contribution in [3.63, 3.8) is 0 Å². The summed E-state index contributed by atoms with van der Waals surface area (Å²) in [6.45, 7) is 1.87. The third kappa shape index (κ3) is 5.29. The average molecular weight is 298 g/mol. The van der Waals surface area contributed by atoms with Gasteiger partial charge in [-0.25, -0.2) is 9.18 Å². The van der Waals surface area contributed by atoms with Crippen LogP contribution in [0.3, 0.4) is 0 Å². The number of carboxylic acids is 1. The maximum absolute atomic E-state index is 13.8. The summed E-state index contributed by atoms with van der Waals surface area (Å²) < 4.78 is 18.9. The molecule has 0 fully saturated rings. The van der Waals surface area contributed by atoms with Gasteiger partial charge in [0.2, 0.25) is 0 Å². The van der Waals surface area contributed by atoms with E-state index in [2.05, 4.69) is 10.6 Å². The Hall–Kier alpha value is -2.31. The van der Waals surface area contributed by atoms with Crippen LogP contribution in [-0.2, 0) is 4.79 Å². The highest BCUT2D eigenvalue weighted by Crippen LogP contribution is 2.27.